The second-order valence-electron chi connectivity index (χ2n) is 7.32. The smallest absolute Gasteiger partial charge is 0.321 e. The lowest BCUT2D eigenvalue weighted by Gasteiger charge is -2.37. The molecule has 3 N–H and O–H groups in total. The Morgan fingerprint density at radius 1 is 1.08 bits per heavy atom. The summed E-state index contributed by atoms with van der Waals surface area (Å²) in [5.41, 5.74) is 0. The van der Waals surface area contributed by atoms with Crippen LogP contribution in [-0.2, 0) is 9.59 Å². The predicted molar refractivity (Wildman–Crippen MR) is 97.9 cm³/mol. The van der Waals surface area contributed by atoms with Crippen LogP contribution < -0.4 is 10.6 Å². The summed E-state index contributed by atoms with van der Waals surface area (Å²) >= 11 is 0. The summed E-state index contributed by atoms with van der Waals surface area (Å²) < 4.78 is 0. The third kappa shape index (κ3) is 6.92. The van der Waals surface area contributed by atoms with Gasteiger partial charge in [-0.3, -0.25) is 24.7 Å². The molecule has 148 valence electrons. The van der Waals surface area contributed by atoms with E-state index in [1.54, 1.807) is 0 Å². The van der Waals surface area contributed by atoms with Crippen LogP contribution in [0, 0.1) is 0 Å². The molecular weight excluding hydrogens is 336 g/mol. The molecule has 26 heavy (non-hydrogen) atoms. The Hall–Kier alpha value is -1.67. The van der Waals surface area contributed by atoms with Gasteiger partial charge in [0.05, 0.1) is 13.1 Å². The summed E-state index contributed by atoms with van der Waals surface area (Å²) in [7, 11) is 0. The Kier molecular flexibility index (Phi) is 8.31. The van der Waals surface area contributed by atoms with E-state index in [2.05, 4.69) is 10.6 Å². The first-order chi connectivity index (χ1) is 12.5. The quantitative estimate of drug-likeness (QED) is 0.620. The second-order valence-corrected chi connectivity index (χ2v) is 7.32. The molecule has 1 saturated carbocycles. The number of carbonyl (C=O) groups is 3. The Balaban J connectivity index is 1.67. The number of aliphatic carboxylic acids is 1. The van der Waals surface area contributed by atoms with Crippen molar-refractivity contribution in [2.24, 2.45) is 0 Å². The topological polar surface area (TPSA) is 102 Å². The highest BCUT2D eigenvalue weighted by molar-refractivity contribution is 5.95. The minimum absolute atomic E-state index is 0.0585. The third-order valence-corrected chi connectivity index (χ3v) is 5.38. The van der Waals surface area contributed by atoms with Crippen LogP contribution >= 0.6 is 0 Å². The number of nitrogens with zero attached hydrogens (tertiary/aromatic N) is 2. The Bertz CT molecular complexity index is 486. The van der Waals surface area contributed by atoms with E-state index in [0.717, 1.165) is 51.6 Å². The SMILES string of the molecule is CCN(CC(=O)O)C1CCN(CC(=O)NC(=O)NC2CCCCC2)CC1. The highest BCUT2D eigenvalue weighted by Crippen LogP contribution is 2.17. The van der Waals surface area contributed by atoms with Crippen molar-refractivity contribution in [3.63, 3.8) is 0 Å². The highest BCUT2D eigenvalue weighted by Gasteiger charge is 2.26. The predicted octanol–water partition coefficient (Wildman–Crippen LogP) is 1.02. The normalized spacial score (nSPS) is 20.1. The molecule has 1 aliphatic heterocycles. The Morgan fingerprint density at radius 2 is 1.73 bits per heavy atom. The maximum absolute atomic E-state index is 12.1. The number of likely N-dealkylation sites (N-methyl/N-ethyl adjacent to an activating group) is 1. The number of carboxylic acid groups (broad SMARTS) is 1. The third-order valence-electron chi connectivity index (χ3n) is 5.38. The molecule has 2 fully saturated rings. The Labute approximate surface area is 155 Å². The number of imide groups is 1. The summed E-state index contributed by atoms with van der Waals surface area (Å²) in [6.07, 6.45) is 7.12. The molecule has 0 spiro atoms. The van der Waals surface area contributed by atoms with Gasteiger partial charge >= 0.3 is 12.0 Å². The van der Waals surface area contributed by atoms with Crippen molar-refractivity contribution in [2.75, 3.05) is 32.7 Å². The Morgan fingerprint density at radius 3 is 2.31 bits per heavy atom. The average Bonchev–Trinajstić information content (AvgIpc) is 2.61. The van der Waals surface area contributed by atoms with Crippen molar-refractivity contribution in [3.05, 3.63) is 0 Å². The van der Waals surface area contributed by atoms with Gasteiger partial charge in [0, 0.05) is 25.2 Å². The van der Waals surface area contributed by atoms with Crippen molar-refractivity contribution in [1.29, 1.82) is 0 Å². The van der Waals surface area contributed by atoms with Crippen molar-refractivity contribution >= 4 is 17.9 Å². The molecule has 1 saturated heterocycles. The van der Waals surface area contributed by atoms with Crippen LogP contribution in [-0.4, -0.2) is 77.6 Å². The number of carboxylic acids is 1. The van der Waals surface area contributed by atoms with Gasteiger partial charge in [0.15, 0.2) is 0 Å². The van der Waals surface area contributed by atoms with Gasteiger partial charge in [-0.05, 0) is 32.2 Å². The molecule has 0 bridgehead atoms. The lowest BCUT2D eigenvalue weighted by molar-refractivity contribution is -0.139. The largest absolute Gasteiger partial charge is 0.480 e. The number of amides is 3. The van der Waals surface area contributed by atoms with Crippen LogP contribution in [0.25, 0.3) is 0 Å². The molecule has 3 amide bonds. The summed E-state index contributed by atoms with van der Waals surface area (Å²) in [4.78, 5) is 38.9. The molecule has 0 atom stereocenters. The molecule has 2 rings (SSSR count). The zero-order valence-electron chi connectivity index (χ0n) is 15.7. The van der Waals surface area contributed by atoms with Crippen molar-refractivity contribution in [3.8, 4) is 0 Å². The molecule has 2 aliphatic rings. The number of carbonyl (C=O) groups excluding carboxylic acids is 2. The zero-order chi connectivity index (χ0) is 18.9. The average molecular weight is 368 g/mol. The van der Waals surface area contributed by atoms with Gasteiger partial charge in [-0.1, -0.05) is 26.2 Å². The summed E-state index contributed by atoms with van der Waals surface area (Å²) in [6.45, 7) is 4.40. The van der Waals surface area contributed by atoms with Gasteiger partial charge in [-0.2, -0.15) is 0 Å². The first kappa shape index (κ1) is 20.6. The molecular formula is C18H32N4O4. The van der Waals surface area contributed by atoms with Gasteiger partial charge in [0.2, 0.25) is 5.91 Å². The maximum atomic E-state index is 12.1. The van der Waals surface area contributed by atoms with Crippen LogP contribution in [0.2, 0.25) is 0 Å². The fourth-order valence-electron chi connectivity index (χ4n) is 3.95. The minimum atomic E-state index is -0.808. The molecule has 0 aromatic carbocycles. The minimum Gasteiger partial charge on any atom is -0.480 e. The van der Waals surface area contributed by atoms with E-state index in [4.69, 9.17) is 5.11 Å². The van der Waals surface area contributed by atoms with Gasteiger partial charge in [0.25, 0.3) is 0 Å². The lowest BCUT2D eigenvalue weighted by atomic mass is 9.96. The fourth-order valence-corrected chi connectivity index (χ4v) is 3.95. The molecule has 0 radical (unpaired) electrons. The van der Waals surface area contributed by atoms with Gasteiger partial charge in [-0.15, -0.1) is 0 Å². The van der Waals surface area contributed by atoms with E-state index in [9.17, 15) is 14.4 Å². The van der Waals surface area contributed by atoms with Gasteiger partial charge in [-0.25, -0.2) is 4.79 Å². The number of likely N-dealkylation sites (tertiary alicyclic amines) is 1. The number of piperidine rings is 1. The molecule has 0 aromatic rings. The van der Waals surface area contributed by atoms with E-state index >= 15 is 0 Å². The van der Waals surface area contributed by atoms with E-state index in [-0.39, 0.29) is 31.1 Å². The van der Waals surface area contributed by atoms with Crippen molar-refractivity contribution in [1.82, 2.24) is 20.4 Å². The molecule has 0 aromatic heterocycles. The zero-order valence-corrected chi connectivity index (χ0v) is 15.7. The number of hydrogen-bond donors (Lipinski definition) is 3. The molecule has 8 heteroatoms. The number of nitrogens with one attached hydrogen (secondary N) is 2. The fraction of sp³-hybridized carbons (Fsp3) is 0.833. The van der Waals surface area contributed by atoms with Crippen LogP contribution in [0.15, 0.2) is 0 Å². The number of hydrogen-bond acceptors (Lipinski definition) is 5. The van der Waals surface area contributed by atoms with E-state index < -0.39 is 12.0 Å². The monoisotopic (exact) mass is 368 g/mol. The maximum Gasteiger partial charge on any atom is 0.321 e. The first-order valence-corrected chi connectivity index (χ1v) is 9.76. The van der Waals surface area contributed by atoms with Crippen molar-refractivity contribution in [2.45, 2.75) is 64.0 Å². The molecule has 8 nitrogen and oxygen atoms in total. The van der Waals surface area contributed by atoms with E-state index in [1.807, 2.05) is 16.7 Å². The standard InChI is InChI=1S/C18H32N4O4/c1-2-22(13-17(24)25)15-8-10-21(11-9-15)12-16(23)20-18(26)19-14-6-4-3-5-7-14/h14-15H,2-13H2,1H3,(H,24,25)(H2,19,20,23,26). The van der Waals surface area contributed by atoms with Crippen LogP contribution in [0.4, 0.5) is 4.79 Å². The van der Waals surface area contributed by atoms with Gasteiger partial charge < -0.3 is 10.4 Å². The highest BCUT2D eigenvalue weighted by atomic mass is 16.4. The lowest BCUT2D eigenvalue weighted by Crippen LogP contribution is -2.51. The number of rotatable bonds is 7. The summed E-state index contributed by atoms with van der Waals surface area (Å²) in [6, 6.07) is 0.0296. The molecule has 1 aliphatic carbocycles. The van der Waals surface area contributed by atoms with Crippen LogP contribution in [0.1, 0.15) is 51.9 Å². The summed E-state index contributed by atoms with van der Waals surface area (Å²) in [5, 5.41) is 14.3. The van der Waals surface area contributed by atoms with E-state index in [1.165, 1.54) is 6.42 Å². The first-order valence-electron chi connectivity index (χ1n) is 9.76. The summed E-state index contributed by atoms with van der Waals surface area (Å²) in [5.74, 6) is -1.09. The van der Waals surface area contributed by atoms with E-state index in [0.29, 0.717) is 6.54 Å². The van der Waals surface area contributed by atoms with Crippen molar-refractivity contribution < 1.29 is 19.5 Å². The van der Waals surface area contributed by atoms with Crippen LogP contribution in [0.3, 0.4) is 0 Å². The number of urea groups is 1. The molecule has 0 unspecified atom stereocenters. The molecule has 1 heterocycles. The second kappa shape index (κ2) is 10.5. The van der Waals surface area contributed by atoms with Crippen LogP contribution in [0.5, 0.6) is 0 Å². The van der Waals surface area contributed by atoms with Gasteiger partial charge in [0.1, 0.15) is 0 Å².